The van der Waals surface area contributed by atoms with E-state index in [4.69, 9.17) is 4.74 Å². The Morgan fingerprint density at radius 2 is 1.69 bits per heavy atom. The van der Waals surface area contributed by atoms with Crippen LogP contribution < -0.4 is 20.9 Å². The number of ether oxygens (including phenoxy) is 1. The van der Waals surface area contributed by atoms with Gasteiger partial charge in [-0.3, -0.25) is 25.2 Å². The first-order valence-electron chi connectivity index (χ1n) is 9.58. The summed E-state index contributed by atoms with van der Waals surface area (Å²) < 4.78 is 5.70. The molecule has 0 bridgehead atoms. The Bertz CT molecular complexity index is 920. The Morgan fingerprint density at radius 3 is 2.34 bits per heavy atom. The van der Waals surface area contributed by atoms with E-state index >= 15 is 0 Å². The molecule has 3 N–H and O–H groups in total. The molecule has 1 aliphatic rings. The molecule has 1 aliphatic carbocycles. The van der Waals surface area contributed by atoms with Gasteiger partial charge in [0.2, 0.25) is 5.91 Å². The van der Waals surface area contributed by atoms with Crippen molar-refractivity contribution in [3.8, 4) is 5.75 Å². The van der Waals surface area contributed by atoms with E-state index in [-0.39, 0.29) is 11.8 Å². The Morgan fingerprint density at radius 1 is 1.00 bits per heavy atom. The molecule has 0 radical (unpaired) electrons. The summed E-state index contributed by atoms with van der Waals surface area (Å²) in [5.74, 6) is -0.180. The SMILES string of the molecule is Cc1ccc(C)c(OC(C)C(=O)NNC(=O)c2ccc(NC(=O)C3CC3)cc2)c1. The van der Waals surface area contributed by atoms with Crippen LogP contribution in [0.25, 0.3) is 0 Å². The average molecular weight is 395 g/mol. The lowest BCUT2D eigenvalue weighted by atomic mass is 10.1. The zero-order valence-electron chi connectivity index (χ0n) is 16.7. The molecule has 1 unspecified atom stereocenters. The van der Waals surface area contributed by atoms with Crippen LogP contribution in [0.4, 0.5) is 5.69 Å². The van der Waals surface area contributed by atoms with E-state index in [0.717, 1.165) is 24.0 Å². The highest BCUT2D eigenvalue weighted by Gasteiger charge is 2.29. The summed E-state index contributed by atoms with van der Waals surface area (Å²) in [4.78, 5) is 36.2. The van der Waals surface area contributed by atoms with Gasteiger partial charge in [-0.2, -0.15) is 0 Å². The molecule has 7 heteroatoms. The van der Waals surface area contributed by atoms with E-state index in [2.05, 4.69) is 16.2 Å². The lowest BCUT2D eigenvalue weighted by Gasteiger charge is -2.17. The molecule has 152 valence electrons. The third kappa shape index (κ3) is 5.57. The monoisotopic (exact) mass is 395 g/mol. The van der Waals surface area contributed by atoms with Gasteiger partial charge in [-0.1, -0.05) is 12.1 Å². The molecule has 3 rings (SSSR count). The number of hydrogen-bond donors (Lipinski definition) is 3. The number of anilines is 1. The summed E-state index contributed by atoms with van der Waals surface area (Å²) in [6.07, 6.45) is 1.07. The summed E-state index contributed by atoms with van der Waals surface area (Å²) >= 11 is 0. The van der Waals surface area contributed by atoms with Crippen molar-refractivity contribution in [2.45, 2.75) is 39.7 Å². The van der Waals surface area contributed by atoms with Crippen LogP contribution in [-0.4, -0.2) is 23.8 Å². The van der Waals surface area contributed by atoms with Crippen LogP contribution in [-0.2, 0) is 9.59 Å². The fraction of sp³-hybridized carbons (Fsp3) is 0.318. The Balaban J connectivity index is 1.49. The maximum Gasteiger partial charge on any atom is 0.279 e. The number of rotatable bonds is 6. The second-order valence-electron chi connectivity index (χ2n) is 7.31. The third-order valence-corrected chi connectivity index (χ3v) is 4.68. The summed E-state index contributed by atoms with van der Waals surface area (Å²) in [5.41, 5.74) is 7.70. The van der Waals surface area contributed by atoms with Crippen LogP contribution >= 0.6 is 0 Å². The van der Waals surface area contributed by atoms with Crippen LogP contribution in [0.5, 0.6) is 5.75 Å². The van der Waals surface area contributed by atoms with Gasteiger partial charge in [-0.25, -0.2) is 0 Å². The molecule has 0 aromatic heterocycles. The van der Waals surface area contributed by atoms with Gasteiger partial charge in [0.1, 0.15) is 5.75 Å². The average Bonchev–Trinajstić information content (AvgIpc) is 3.54. The quantitative estimate of drug-likeness (QED) is 0.655. The van der Waals surface area contributed by atoms with Crippen molar-refractivity contribution >= 4 is 23.4 Å². The summed E-state index contributed by atoms with van der Waals surface area (Å²) in [6, 6.07) is 12.2. The smallest absolute Gasteiger partial charge is 0.279 e. The van der Waals surface area contributed by atoms with Gasteiger partial charge >= 0.3 is 0 Å². The van der Waals surface area contributed by atoms with Crippen molar-refractivity contribution in [3.63, 3.8) is 0 Å². The van der Waals surface area contributed by atoms with Crippen LogP contribution in [0.1, 0.15) is 41.3 Å². The predicted octanol–water partition coefficient (Wildman–Crippen LogP) is 2.88. The van der Waals surface area contributed by atoms with Gasteiger partial charge in [0, 0.05) is 17.2 Å². The Labute approximate surface area is 169 Å². The molecule has 1 fully saturated rings. The highest BCUT2D eigenvalue weighted by molar-refractivity contribution is 5.97. The van der Waals surface area contributed by atoms with Crippen molar-refractivity contribution in [2.75, 3.05) is 5.32 Å². The molecule has 7 nitrogen and oxygen atoms in total. The molecule has 0 saturated heterocycles. The first kappa shape index (κ1) is 20.4. The molecule has 2 aromatic rings. The van der Waals surface area contributed by atoms with E-state index in [9.17, 15) is 14.4 Å². The standard InChI is InChI=1S/C22H25N3O4/c1-13-4-5-14(2)19(12-13)29-15(3)20(26)24-25-22(28)17-8-10-18(11-9-17)23-21(27)16-6-7-16/h4-5,8-12,15-16H,6-7H2,1-3H3,(H,23,27)(H,24,26)(H,25,28). The van der Waals surface area contributed by atoms with Gasteiger partial charge in [0.15, 0.2) is 6.10 Å². The van der Waals surface area contributed by atoms with E-state index in [0.29, 0.717) is 17.0 Å². The van der Waals surface area contributed by atoms with Gasteiger partial charge in [-0.15, -0.1) is 0 Å². The zero-order chi connectivity index (χ0) is 21.0. The topological polar surface area (TPSA) is 96.5 Å². The van der Waals surface area contributed by atoms with Crippen LogP contribution in [0.3, 0.4) is 0 Å². The van der Waals surface area contributed by atoms with Crippen molar-refractivity contribution in [2.24, 2.45) is 5.92 Å². The van der Waals surface area contributed by atoms with E-state index in [1.807, 2.05) is 32.0 Å². The molecule has 0 aliphatic heterocycles. The lowest BCUT2D eigenvalue weighted by Crippen LogP contribution is -2.47. The molecule has 1 saturated carbocycles. The number of benzene rings is 2. The van der Waals surface area contributed by atoms with E-state index in [1.54, 1.807) is 31.2 Å². The maximum absolute atomic E-state index is 12.2. The van der Waals surface area contributed by atoms with E-state index < -0.39 is 17.9 Å². The van der Waals surface area contributed by atoms with Crippen LogP contribution in [0.2, 0.25) is 0 Å². The summed E-state index contributed by atoms with van der Waals surface area (Å²) in [7, 11) is 0. The second kappa shape index (κ2) is 8.77. The largest absolute Gasteiger partial charge is 0.481 e. The number of aryl methyl sites for hydroxylation is 2. The Hall–Kier alpha value is -3.35. The normalized spacial score (nSPS) is 13.9. The first-order valence-corrected chi connectivity index (χ1v) is 9.58. The first-order chi connectivity index (χ1) is 13.8. The number of hydrogen-bond acceptors (Lipinski definition) is 4. The number of carbonyl (C=O) groups is 3. The van der Waals surface area contributed by atoms with Crippen molar-refractivity contribution in [1.29, 1.82) is 0 Å². The van der Waals surface area contributed by atoms with Crippen LogP contribution in [0.15, 0.2) is 42.5 Å². The third-order valence-electron chi connectivity index (χ3n) is 4.68. The molecular weight excluding hydrogens is 370 g/mol. The van der Waals surface area contributed by atoms with Gasteiger partial charge in [0.25, 0.3) is 11.8 Å². The van der Waals surface area contributed by atoms with Crippen molar-refractivity contribution in [1.82, 2.24) is 10.9 Å². The van der Waals surface area contributed by atoms with Gasteiger partial charge in [-0.05, 0) is 75.1 Å². The number of hydrazine groups is 1. The van der Waals surface area contributed by atoms with Gasteiger partial charge < -0.3 is 10.1 Å². The van der Waals surface area contributed by atoms with Crippen molar-refractivity contribution in [3.05, 3.63) is 59.2 Å². The van der Waals surface area contributed by atoms with Crippen molar-refractivity contribution < 1.29 is 19.1 Å². The fourth-order valence-corrected chi connectivity index (χ4v) is 2.67. The lowest BCUT2D eigenvalue weighted by molar-refractivity contribution is -0.128. The molecule has 2 aromatic carbocycles. The minimum atomic E-state index is -0.782. The number of carbonyl (C=O) groups excluding carboxylic acids is 3. The molecule has 0 spiro atoms. The predicted molar refractivity (Wildman–Crippen MR) is 109 cm³/mol. The molecular formula is C22H25N3O4. The van der Waals surface area contributed by atoms with Crippen LogP contribution in [0, 0.1) is 19.8 Å². The maximum atomic E-state index is 12.2. The Kier molecular flexibility index (Phi) is 6.16. The zero-order valence-corrected chi connectivity index (χ0v) is 16.7. The second-order valence-corrected chi connectivity index (χ2v) is 7.31. The molecule has 3 amide bonds. The summed E-state index contributed by atoms with van der Waals surface area (Å²) in [6.45, 7) is 5.46. The highest BCUT2D eigenvalue weighted by Crippen LogP contribution is 2.30. The summed E-state index contributed by atoms with van der Waals surface area (Å²) in [5, 5.41) is 2.81. The molecule has 0 heterocycles. The highest BCUT2D eigenvalue weighted by atomic mass is 16.5. The minimum Gasteiger partial charge on any atom is -0.481 e. The fourth-order valence-electron chi connectivity index (χ4n) is 2.67. The van der Waals surface area contributed by atoms with E-state index in [1.165, 1.54) is 0 Å². The molecule has 29 heavy (non-hydrogen) atoms. The number of nitrogens with one attached hydrogen (secondary N) is 3. The molecule has 1 atom stereocenters. The number of amides is 3. The van der Waals surface area contributed by atoms with Gasteiger partial charge in [0.05, 0.1) is 0 Å². The minimum absolute atomic E-state index is 0.00676.